The molecule has 1 fully saturated rings. The van der Waals surface area contributed by atoms with Gasteiger partial charge in [0.15, 0.2) is 5.82 Å². The first-order valence-electron chi connectivity index (χ1n) is 8.19. The van der Waals surface area contributed by atoms with Gasteiger partial charge in [-0.05, 0) is 38.6 Å². The van der Waals surface area contributed by atoms with Crippen molar-refractivity contribution in [3.8, 4) is 5.82 Å². The molecule has 0 atom stereocenters. The number of nitrogens with zero attached hydrogens (tertiary/aromatic N) is 6. The van der Waals surface area contributed by atoms with Gasteiger partial charge in [0.1, 0.15) is 5.82 Å². The topological polar surface area (TPSA) is 79.2 Å². The monoisotopic (exact) mass is 363 g/mol. The fourth-order valence-corrected chi connectivity index (χ4v) is 3.01. The van der Waals surface area contributed by atoms with Crippen molar-refractivity contribution in [2.75, 3.05) is 45.1 Å². The molecule has 134 valence electrons. The van der Waals surface area contributed by atoms with Crippen LogP contribution in [-0.4, -0.2) is 75.2 Å². The number of aromatic nitrogens is 4. The molecule has 2 aromatic heterocycles. The van der Waals surface area contributed by atoms with Crippen LogP contribution in [-0.2, 0) is 4.79 Å². The van der Waals surface area contributed by atoms with Crippen molar-refractivity contribution in [3.05, 3.63) is 28.8 Å². The second kappa shape index (κ2) is 7.47. The molecule has 1 aliphatic heterocycles. The highest BCUT2D eigenvalue weighted by molar-refractivity contribution is 6.28. The molecule has 1 aliphatic rings. The predicted octanol–water partition coefficient (Wildman–Crippen LogP) is 1.12. The highest BCUT2D eigenvalue weighted by Crippen LogP contribution is 2.16. The molecule has 0 aliphatic carbocycles. The largest absolute Gasteiger partial charge is 0.309 e. The summed E-state index contributed by atoms with van der Waals surface area (Å²) in [5, 5.41) is 7.26. The summed E-state index contributed by atoms with van der Waals surface area (Å²) in [6.07, 6.45) is 0. The predicted molar refractivity (Wildman–Crippen MR) is 96.2 cm³/mol. The molecule has 0 radical (unpaired) electrons. The third kappa shape index (κ3) is 4.53. The molecule has 0 saturated carbocycles. The number of carbonyl (C=O) groups is 1. The first-order valence-corrected chi connectivity index (χ1v) is 8.57. The zero-order valence-electron chi connectivity index (χ0n) is 14.7. The fourth-order valence-electron chi connectivity index (χ4n) is 2.83. The maximum Gasteiger partial charge on any atom is 0.239 e. The van der Waals surface area contributed by atoms with Gasteiger partial charge in [-0.15, -0.1) is 0 Å². The zero-order valence-corrected chi connectivity index (χ0v) is 15.4. The minimum Gasteiger partial charge on any atom is -0.309 e. The maximum absolute atomic E-state index is 12.3. The first kappa shape index (κ1) is 17.8. The van der Waals surface area contributed by atoms with Crippen molar-refractivity contribution >= 4 is 23.3 Å². The number of hydrogen-bond donors (Lipinski definition) is 1. The number of piperazine rings is 1. The minimum absolute atomic E-state index is 0.0694. The van der Waals surface area contributed by atoms with Crippen molar-refractivity contribution in [2.45, 2.75) is 13.8 Å². The lowest BCUT2D eigenvalue weighted by Crippen LogP contribution is -2.47. The number of carbonyl (C=O) groups excluding carboxylic acids is 1. The van der Waals surface area contributed by atoms with Gasteiger partial charge in [0, 0.05) is 37.9 Å². The number of rotatable bonds is 4. The number of likely N-dealkylation sites (N-methyl/N-ethyl adjacent to an activating group) is 1. The van der Waals surface area contributed by atoms with Gasteiger partial charge in [-0.2, -0.15) is 10.1 Å². The van der Waals surface area contributed by atoms with E-state index in [9.17, 15) is 4.79 Å². The third-order valence-electron chi connectivity index (χ3n) is 4.14. The molecule has 2 aromatic rings. The Hall–Kier alpha value is -2.03. The Bertz CT molecular complexity index is 768. The van der Waals surface area contributed by atoms with E-state index >= 15 is 0 Å². The van der Waals surface area contributed by atoms with Crippen LogP contribution in [0.2, 0.25) is 5.28 Å². The lowest BCUT2D eigenvalue weighted by atomic mass is 10.3. The van der Waals surface area contributed by atoms with Gasteiger partial charge < -0.3 is 10.2 Å². The van der Waals surface area contributed by atoms with Crippen molar-refractivity contribution in [2.24, 2.45) is 0 Å². The van der Waals surface area contributed by atoms with Gasteiger partial charge in [-0.25, -0.2) is 9.67 Å². The van der Waals surface area contributed by atoms with Gasteiger partial charge in [0.25, 0.3) is 0 Å². The number of hydrogen-bond acceptors (Lipinski definition) is 6. The van der Waals surface area contributed by atoms with E-state index in [0.29, 0.717) is 18.2 Å². The molecule has 0 unspecified atom stereocenters. The average Bonchev–Trinajstić information content (AvgIpc) is 2.87. The molecule has 3 rings (SSSR count). The number of halogens is 1. The van der Waals surface area contributed by atoms with Crippen molar-refractivity contribution in [1.82, 2.24) is 29.5 Å². The molecule has 0 aromatic carbocycles. The summed E-state index contributed by atoms with van der Waals surface area (Å²) in [6, 6.07) is 3.62. The van der Waals surface area contributed by atoms with Gasteiger partial charge >= 0.3 is 0 Å². The molecule has 0 spiro atoms. The summed E-state index contributed by atoms with van der Waals surface area (Å²) in [5.74, 6) is 0.792. The molecule has 25 heavy (non-hydrogen) atoms. The Labute approximate surface area is 151 Å². The molecular weight excluding hydrogens is 342 g/mol. The van der Waals surface area contributed by atoms with Crippen molar-refractivity contribution < 1.29 is 4.79 Å². The van der Waals surface area contributed by atoms with E-state index < -0.39 is 0 Å². The summed E-state index contributed by atoms with van der Waals surface area (Å²) in [4.78, 5) is 25.0. The second-order valence-electron chi connectivity index (χ2n) is 6.35. The van der Waals surface area contributed by atoms with Crippen LogP contribution in [0.1, 0.15) is 11.4 Å². The first-order chi connectivity index (χ1) is 11.9. The van der Waals surface area contributed by atoms with Crippen LogP contribution in [0.5, 0.6) is 0 Å². The Morgan fingerprint density at radius 1 is 1.20 bits per heavy atom. The molecule has 8 nitrogen and oxygen atoms in total. The Morgan fingerprint density at radius 2 is 1.92 bits per heavy atom. The van der Waals surface area contributed by atoms with Crippen LogP contribution in [0.4, 0.5) is 5.82 Å². The summed E-state index contributed by atoms with van der Waals surface area (Å²) < 4.78 is 1.68. The normalized spacial score (nSPS) is 16.2. The SMILES string of the molecule is Cc1cc(C)n(-c2cc(NC(=O)CN3CCN(C)CC3)nc(Cl)n2)n1. The molecule has 3 heterocycles. The van der Waals surface area contributed by atoms with Gasteiger partial charge in [0.2, 0.25) is 11.2 Å². The van der Waals surface area contributed by atoms with Gasteiger partial charge in [-0.3, -0.25) is 9.69 Å². The average molecular weight is 364 g/mol. The minimum atomic E-state index is -0.112. The van der Waals surface area contributed by atoms with Crippen LogP contribution >= 0.6 is 11.6 Å². The van der Waals surface area contributed by atoms with Crippen LogP contribution < -0.4 is 5.32 Å². The highest BCUT2D eigenvalue weighted by Gasteiger charge is 2.17. The smallest absolute Gasteiger partial charge is 0.239 e. The van der Waals surface area contributed by atoms with E-state index in [1.165, 1.54) is 0 Å². The zero-order chi connectivity index (χ0) is 18.0. The summed E-state index contributed by atoms with van der Waals surface area (Å²) in [6.45, 7) is 7.87. The van der Waals surface area contributed by atoms with Gasteiger partial charge in [-0.1, -0.05) is 0 Å². The Morgan fingerprint density at radius 3 is 2.56 bits per heavy atom. The van der Waals surface area contributed by atoms with Crippen LogP contribution in [0.15, 0.2) is 12.1 Å². The Balaban J connectivity index is 1.70. The molecule has 9 heteroatoms. The Kier molecular flexibility index (Phi) is 5.31. The third-order valence-corrected chi connectivity index (χ3v) is 4.31. The van der Waals surface area contributed by atoms with Crippen molar-refractivity contribution in [3.63, 3.8) is 0 Å². The van der Waals surface area contributed by atoms with E-state index in [1.807, 2.05) is 19.9 Å². The standard InChI is InChI=1S/C16H22ClN7O/c1-11-8-12(2)24(21-11)14-9-13(19-16(17)20-14)18-15(25)10-23-6-4-22(3)5-7-23/h8-9H,4-7,10H2,1-3H3,(H,18,19,20,25). The van der Waals surface area contributed by atoms with Crippen LogP contribution in [0.3, 0.4) is 0 Å². The summed E-state index contributed by atoms with van der Waals surface area (Å²) >= 11 is 6.02. The fraction of sp³-hybridized carbons (Fsp3) is 0.500. The molecule has 1 N–H and O–H groups in total. The maximum atomic E-state index is 12.3. The lowest BCUT2D eigenvalue weighted by Gasteiger charge is -2.31. The number of nitrogens with one attached hydrogen (secondary N) is 1. The highest BCUT2D eigenvalue weighted by atomic mass is 35.5. The van der Waals surface area contributed by atoms with Crippen LogP contribution in [0, 0.1) is 13.8 Å². The molecule has 0 bridgehead atoms. The van der Waals surface area contributed by atoms with Gasteiger partial charge in [0.05, 0.1) is 12.2 Å². The number of anilines is 1. The van der Waals surface area contributed by atoms with E-state index in [0.717, 1.165) is 37.6 Å². The van der Waals surface area contributed by atoms with E-state index in [4.69, 9.17) is 11.6 Å². The molecule has 1 saturated heterocycles. The molecular formula is C16H22ClN7O. The van der Waals surface area contributed by atoms with Crippen molar-refractivity contribution in [1.29, 1.82) is 0 Å². The summed E-state index contributed by atoms with van der Waals surface area (Å²) in [5.41, 5.74) is 1.81. The van der Waals surface area contributed by atoms with Crippen LogP contribution in [0.25, 0.3) is 5.82 Å². The molecule has 1 amide bonds. The van der Waals surface area contributed by atoms with E-state index in [2.05, 4.69) is 37.2 Å². The number of aryl methyl sites for hydroxylation is 2. The van der Waals surface area contributed by atoms with E-state index in [1.54, 1.807) is 10.7 Å². The quantitative estimate of drug-likeness (QED) is 0.820. The van der Waals surface area contributed by atoms with E-state index in [-0.39, 0.29) is 11.2 Å². The second-order valence-corrected chi connectivity index (χ2v) is 6.68. The summed E-state index contributed by atoms with van der Waals surface area (Å²) in [7, 11) is 2.08. The number of amides is 1. The lowest BCUT2D eigenvalue weighted by molar-refractivity contribution is -0.117.